The van der Waals surface area contributed by atoms with Gasteiger partial charge in [-0.1, -0.05) is 23.7 Å². The van der Waals surface area contributed by atoms with Crippen LogP contribution < -0.4 is 9.47 Å². The lowest BCUT2D eigenvalue weighted by molar-refractivity contribution is 0.204. The fraction of sp³-hybridized carbons (Fsp3) is 0.333. The van der Waals surface area contributed by atoms with Crippen LogP contribution in [0, 0.1) is 0 Å². The van der Waals surface area contributed by atoms with E-state index in [1.807, 2.05) is 18.2 Å². The second kappa shape index (κ2) is 8.45. The molecule has 1 atom stereocenters. The van der Waals surface area contributed by atoms with Crippen molar-refractivity contribution in [2.24, 2.45) is 0 Å². The van der Waals surface area contributed by atoms with Crippen LogP contribution >= 0.6 is 0 Å². The van der Waals surface area contributed by atoms with E-state index in [2.05, 4.69) is 10.1 Å². The molecule has 1 aliphatic heterocycles. The summed E-state index contributed by atoms with van der Waals surface area (Å²) in [6.07, 6.45) is 2.29. The maximum absolute atomic E-state index is 13.3. The molecule has 1 saturated heterocycles. The van der Waals surface area contributed by atoms with Crippen LogP contribution in [0.2, 0.25) is 0 Å². The summed E-state index contributed by atoms with van der Waals surface area (Å²) in [5.74, 6) is 1.98. The zero-order valence-electron chi connectivity index (χ0n) is 16.8. The molecule has 0 spiro atoms. The summed E-state index contributed by atoms with van der Waals surface area (Å²) in [4.78, 5) is 4.72. The third kappa shape index (κ3) is 3.90. The van der Waals surface area contributed by atoms with Crippen LogP contribution in [0.15, 0.2) is 57.9 Å². The van der Waals surface area contributed by atoms with Crippen molar-refractivity contribution >= 4 is 10.0 Å². The van der Waals surface area contributed by atoms with E-state index < -0.39 is 16.1 Å². The van der Waals surface area contributed by atoms with E-state index in [1.54, 1.807) is 44.6 Å². The summed E-state index contributed by atoms with van der Waals surface area (Å²) in [5, 5.41) is 4.07. The number of hydrogen-bond donors (Lipinski definition) is 0. The first-order chi connectivity index (χ1) is 14.5. The van der Waals surface area contributed by atoms with Crippen molar-refractivity contribution in [2.45, 2.75) is 30.2 Å². The van der Waals surface area contributed by atoms with E-state index in [-0.39, 0.29) is 4.90 Å². The smallest absolute Gasteiger partial charge is 0.245 e. The number of ether oxygens (including phenoxy) is 2. The Morgan fingerprint density at radius 1 is 1.03 bits per heavy atom. The number of nitrogens with zero attached hydrogens (tertiary/aromatic N) is 3. The summed E-state index contributed by atoms with van der Waals surface area (Å²) >= 11 is 0. The third-order valence-corrected chi connectivity index (χ3v) is 7.10. The molecule has 1 aromatic heterocycles. The van der Waals surface area contributed by atoms with Gasteiger partial charge in [-0.25, -0.2) is 8.42 Å². The zero-order chi connectivity index (χ0) is 21.1. The number of methoxy groups -OCH3 is 2. The van der Waals surface area contributed by atoms with E-state index >= 15 is 0 Å². The molecule has 0 bridgehead atoms. The minimum atomic E-state index is -3.72. The predicted octanol–water partition coefficient (Wildman–Crippen LogP) is 3.67. The lowest BCUT2D eigenvalue weighted by atomic mass is 10.1. The van der Waals surface area contributed by atoms with Gasteiger partial charge in [-0.05, 0) is 49.2 Å². The molecule has 2 heterocycles. The Balaban J connectivity index is 1.64. The van der Waals surface area contributed by atoms with Crippen molar-refractivity contribution in [3.05, 3.63) is 54.4 Å². The first-order valence-electron chi connectivity index (χ1n) is 9.67. The van der Waals surface area contributed by atoms with E-state index in [0.29, 0.717) is 36.2 Å². The Morgan fingerprint density at radius 2 is 1.80 bits per heavy atom. The van der Waals surface area contributed by atoms with Gasteiger partial charge in [0, 0.05) is 12.1 Å². The number of piperidine rings is 1. The van der Waals surface area contributed by atoms with E-state index in [4.69, 9.17) is 14.0 Å². The number of hydrogen-bond acceptors (Lipinski definition) is 7. The highest BCUT2D eigenvalue weighted by Gasteiger charge is 2.37. The normalized spacial score (nSPS) is 17.6. The Morgan fingerprint density at radius 3 is 2.53 bits per heavy atom. The Labute approximate surface area is 175 Å². The van der Waals surface area contributed by atoms with Crippen LogP contribution in [0.5, 0.6) is 11.5 Å². The number of benzene rings is 2. The van der Waals surface area contributed by atoms with Crippen LogP contribution in [-0.4, -0.2) is 43.6 Å². The average Bonchev–Trinajstić information content (AvgIpc) is 3.29. The van der Waals surface area contributed by atoms with Crippen LogP contribution in [0.3, 0.4) is 0 Å². The standard InChI is InChI=1S/C21H23N3O5S/c1-27-16-9-11-18(12-10-16)30(25,26)24-13-4-3-8-19(24)21-22-20(23-29-21)15-6-5-7-17(14-15)28-2/h5-7,9-12,14,19H,3-4,8,13H2,1-2H3. The maximum atomic E-state index is 13.3. The molecule has 9 heteroatoms. The quantitative estimate of drug-likeness (QED) is 0.590. The van der Waals surface area contributed by atoms with Gasteiger partial charge in [0.15, 0.2) is 0 Å². The number of sulfonamides is 1. The monoisotopic (exact) mass is 429 g/mol. The highest BCUT2D eigenvalue weighted by molar-refractivity contribution is 7.89. The maximum Gasteiger partial charge on any atom is 0.245 e. The van der Waals surface area contributed by atoms with Gasteiger partial charge < -0.3 is 14.0 Å². The van der Waals surface area contributed by atoms with Crippen molar-refractivity contribution in [3.8, 4) is 22.9 Å². The van der Waals surface area contributed by atoms with Crippen LogP contribution in [0.1, 0.15) is 31.2 Å². The van der Waals surface area contributed by atoms with Gasteiger partial charge in [-0.3, -0.25) is 0 Å². The minimum absolute atomic E-state index is 0.211. The van der Waals surface area contributed by atoms with Gasteiger partial charge in [-0.2, -0.15) is 9.29 Å². The van der Waals surface area contributed by atoms with Gasteiger partial charge >= 0.3 is 0 Å². The number of rotatable bonds is 6. The predicted molar refractivity (Wildman–Crippen MR) is 110 cm³/mol. The topological polar surface area (TPSA) is 94.8 Å². The van der Waals surface area contributed by atoms with E-state index in [1.165, 1.54) is 4.31 Å². The molecule has 0 aliphatic carbocycles. The fourth-order valence-electron chi connectivity index (χ4n) is 3.57. The van der Waals surface area contributed by atoms with Gasteiger partial charge in [-0.15, -0.1) is 0 Å². The van der Waals surface area contributed by atoms with Gasteiger partial charge in [0.05, 0.1) is 19.1 Å². The molecular formula is C21H23N3O5S. The molecule has 8 nitrogen and oxygen atoms in total. The van der Waals surface area contributed by atoms with Crippen molar-refractivity contribution in [1.29, 1.82) is 0 Å². The molecular weight excluding hydrogens is 406 g/mol. The second-order valence-electron chi connectivity index (χ2n) is 6.99. The van der Waals surface area contributed by atoms with E-state index in [0.717, 1.165) is 18.4 Å². The lowest BCUT2D eigenvalue weighted by Gasteiger charge is -2.32. The van der Waals surface area contributed by atoms with Crippen LogP contribution in [0.4, 0.5) is 0 Å². The number of aromatic nitrogens is 2. The molecule has 0 amide bonds. The first kappa shape index (κ1) is 20.4. The van der Waals surface area contributed by atoms with Crippen LogP contribution in [0.25, 0.3) is 11.4 Å². The summed E-state index contributed by atoms with van der Waals surface area (Å²) in [7, 11) is -0.591. The summed E-state index contributed by atoms with van der Waals surface area (Å²) in [6, 6.07) is 13.2. The van der Waals surface area contributed by atoms with Crippen LogP contribution in [-0.2, 0) is 10.0 Å². The highest BCUT2D eigenvalue weighted by atomic mass is 32.2. The average molecular weight is 429 g/mol. The molecule has 1 fully saturated rings. The SMILES string of the molecule is COc1ccc(S(=O)(=O)N2CCCCC2c2nc(-c3cccc(OC)c3)no2)cc1. The third-order valence-electron chi connectivity index (χ3n) is 5.17. The Hall–Kier alpha value is -2.91. The van der Waals surface area contributed by atoms with Crippen molar-refractivity contribution < 1.29 is 22.4 Å². The summed E-state index contributed by atoms with van der Waals surface area (Å²) in [5.41, 5.74) is 0.740. The first-order valence-corrected chi connectivity index (χ1v) is 11.1. The molecule has 2 aromatic carbocycles. The fourth-order valence-corrected chi connectivity index (χ4v) is 5.22. The van der Waals surface area contributed by atoms with Gasteiger partial charge in [0.2, 0.25) is 21.7 Å². The molecule has 0 saturated carbocycles. The highest BCUT2D eigenvalue weighted by Crippen LogP contribution is 2.36. The molecule has 30 heavy (non-hydrogen) atoms. The summed E-state index contributed by atoms with van der Waals surface area (Å²) in [6.45, 7) is 0.399. The molecule has 4 rings (SSSR count). The molecule has 3 aromatic rings. The lowest BCUT2D eigenvalue weighted by Crippen LogP contribution is -2.38. The van der Waals surface area contributed by atoms with E-state index in [9.17, 15) is 8.42 Å². The Kier molecular flexibility index (Phi) is 5.74. The largest absolute Gasteiger partial charge is 0.497 e. The molecule has 0 N–H and O–H groups in total. The molecule has 1 unspecified atom stereocenters. The summed E-state index contributed by atoms with van der Waals surface area (Å²) < 4.78 is 44.0. The Bertz CT molecular complexity index is 1110. The molecule has 158 valence electrons. The molecule has 0 radical (unpaired) electrons. The van der Waals surface area contributed by atoms with Crippen molar-refractivity contribution in [2.75, 3.05) is 20.8 Å². The van der Waals surface area contributed by atoms with Gasteiger partial charge in [0.25, 0.3) is 0 Å². The van der Waals surface area contributed by atoms with Crippen molar-refractivity contribution in [3.63, 3.8) is 0 Å². The second-order valence-corrected chi connectivity index (χ2v) is 8.88. The minimum Gasteiger partial charge on any atom is -0.497 e. The molecule has 1 aliphatic rings. The zero-order valence-corrected chi connectivity index (χ0v) is 17.6. The van der Waals surface area contributed by atoms with Gasteiger partial charge in [0.1, 0.15) is 17.5 Å². The van der Waals surface area contributed by atoms with Crippen molar-refractivity contribution in [1.82, 2.24) is 14.4 Å².